The van der Waals surface area contributed by atoms with Crippen molar-refractivity contribution in [2.45, 2.75) is 13.1 Å². The summed E-state index contributed by atoms with van der Waals surface area (Å²) >= 11 is 0. The smallest absolute Gasteiger partial charge is 0.322 e. The van der Waals surface area contributed by atoms with E-state index in [9.17, 15) is 22.8 Å². The van der Waals surface area contributed by atoms with E-state index in [1.807, 2.05) is 6.92 Å². The van der Waals surface area contributed by atoms with E-state index in [1.54, 1.807) is 31.4 Å². The lowest BCUT2D eigenvalue weighted by atomic mass is 10.0. The molecular weight excluding hydrogens is 371 g/mol. The topological polar surface area (TPSA) is 64.0 Å². The second kappa shape index (κ2) is 7.30. The van der Waals surface area contributed by atoms with Crippen LogP contribution in [0.4, 0.5) is 18.9 Å². The molecule has 144 valence electrons. The van der Waals surface area contributed by atoms with Crippen molar-refractivity contribution in [2.24, 2.45) is 7.05 Å². The molecule has 1 N–H and O–H groups in total. The molecule has 28 heavy (non-hydrogen) atoms. The molecule has 5 nitrogen and oxygen atoms in total. The quantitative estimate of drug-likeness (QED) is 0.738. The average molecular weight is 387 g/mol. The molecule has 0 spiro atoms. The van der Waals surface area contributed by atoms with E-state index in [-0.39, 0.29) is 11.1 Å². The summed E-state index contributed by atoms with van der Waals surface area (Å²) in [6.45, 7) is 1.85. The minimum Gasteiger partial charge on any atom is -0.322 e. The van der Waals surface area contributed by atoms with Gasteiger partial charge in [0, 0.05) is 30.1 Å². The minimum atomic E-state index is -4.53. The van der Waals surface area contributed by atoms with E-state index in [2.05, 4.69) is 10.3 Å². The average Bonchev–Trinajstić information content (AvgIpc) is 2.65. The van der Waals surface area contributed by atoms with Crippen LogP contribution in [0.2, 0.25) is 0 Å². The van der Waals surface area contributed by atoms with Gasteiger partial charge in [0.2, 0.25) is 0 Å². The fourth-order valence-corrected chi connectivity index (χ4v) is 2.65. The van der Waals surface area contributed by atoms with Crippen molar-refractivity contribution in [3.63, 3.8) is 0 Å². The summed E-state index contributed by atoms with van der Waals surface area (Å²) in [7, 11) is 1.60. The van der Waals surface area contributed by atoms with Gasteiger partial charge in [0.05, 0.1) is 17.5 Å². The third kappa shape index (κ3) is 4.11. The molecule has 0 saturated heterocycles. The van der Waals surface area contributed by atoms with E-state index in [0.29, 0.717) is 16.9 Å². The van der Waals surface area contributed by atoms with Gasteiger partial charge in [-0.25, -0.2) is 4.98 Å². The predicted octanol–water partition coefficient (Wildman–Crippen LogP) is 4.03. The number of nitrogens with zero attached hydrogens (tertiary/aromatic N) is 2. The lowest BCUT2D eigenvalue weighted by Gasteiger charge is -2.12. The van der Waals surface area contributed by atoms with Crippen LogP contribution in [0, 0.1) is 6.92 Å². The number of halogens is 3. The van der Waals surface area contributed by atoms with E-state index in [4.69, 9.17) is 0 Å². The first-order valence-corrected chi connectivity index (χ1v) is 8.27. The van der Waals surface area contributed by atoms with Crippen molar-refractivity contribution in [3.05, 3.63) is 81.9 Å². The van der Waals surface area contributed by atoms with Gasteiger partial charge in [-0.15, -0.1) is 0 Å². The Labute approximate surface area is 158 Å². The van der Waals surface area contributed by atoms with Crippen LogP contribution in [0.5, 0.6) is 0 Å². The number of nitrogens with one attached hydrogen (secondary N) is 1. The van der Waals surface area contributed by atoms with Gasteiger partial charge >= 0.3 is 6.18 Å². The van der Waals surface area contributed by atoms with Crippen LogP contribution in [0.25, 0.3) is 11.3 Å². The SMILES string of the molecule is Cc1ccc(NC(=O)c2cccc(C(F)(F)F)c2)cc1-c1cn(C)c(=O)cn1. The molecule has 0 radical (unpaired) electrons. The van der Waals surface area contributed by atoms with Gasteiger partial charge in [-0.05, 0) is 42.8 Å². The van der Waals surface area contributed by atoms with Gasteiger partial charge in [-0.2, -0.15) is 13.2 Å². The number of rotatable bonds is 3. The van der Waals surface area contributed by atoms with Gasteiger partial charge in [-0.3, -0.25) is 9.59 Å². The summed E-state index contributed by atoms with van der Waals surface area (Å²) in [5, 5.41) is 2.60. The van der Waals surface area contributed by atoms with E-state index < -0.39 is 17.6 Å². The fourth-order valence-electron chi connectivity index (χ4n) is 2.65. The van der Waals surface area contributed by atoms with Gasteiger partial charge < -0.3 is 9.88 Å². The first-order chi connectivity index (χ1) is 13.1. The van der Waals surface area contributed by atoms with Gasteiger partial charge in [0.25, 0.3) is 11.5 Å². The van der Waals surface area contributed by atoms with Gasteiger partial charge in [0.1, 0.15) is 0 Å². The Kier molecular flexibility index (Phi) is 5.04. The number of amides is 1. The van der Waals surface area contributed by atoms with E-state index in [0.717, 1.165) is 17.7 Å². The lowest BCUT2D eigenvalue weighted by Crippen LogP contribution is -2.16. The molecule has 2 aromatic carbocycles. The van der Waals surface area contributed by atoms with Crippen LogP contribution in [0.3, 0.4) is 0 Å². The Morgan fingerprint density at radius 1 is 1.14 bits per heavy atom. The maximum absolute atomic E-state index is 12.8. The molecule has 8 heteroatoms. The zero-order chi connectivity index (χ0) is 20.5. The Hall–Kier alpha value is -3.42. The molecule has 3 aromatic rings. The standard InChI is InChI=1S/C20H16F3N3O2/c1-12-6-7-15(9-16(12)17-11-26(2)18(27)10-24-17)25-19(28)13-4-3-5-14(8-13)20(21,22)23/h3-11H,1-2H3,(H,25,28). The highest BCUT2D eigenvalue weighted by Gasteiger charge is 2.30. The number of carbonyl (C=O) groups is 1. The lowest BCUT2D eigenvalue weighted by molar-refractivity contribution is -0.137. The third-order valence-corrected chi connectivity index (χ3v) is 4.20. The van der Waals surface area contributed by atoms with Crippen LogP contribution >= 0.6 is 0 Å². The first kappa shape index (κ1) is 19.3. The number of hydrogen-bond acceptors (Lipinski definition) is 3. The van der Waals surface area contributed by atoms with Crippen LogP contribution in [0.15, 0.2) is 59.7 Å². The summed E-state index contributed by atoms with van der Waals surface area (Å²) in [4.78, 5) is 28.0. The highest BCUT2D eigenvalue weighted by atomic mass is 19.4. The summed E-state index contributed by atoms with van der Waals surface area (Å²) < 4.78 is 39.9. The largest absolute Gasteiger partial charge is 0.416 e. The Balaban J connectivity index is 1.90. The van der Waals surface area contributed by atoms with Gasteiger partial charge in [-0.1, -0.05) is 12.1 Å². The van der Waals surface area contributed by atoms with Crippen molar-refractivity contribution in [1.82, 2.24) is 9.55 Å². The molecule has 0 unspecified atom stereocenters. The normalized spacial score (nSPS) is 11.3. The number of carbonyl (C=O) groups excluding carboxylic acids is 1. The maximum atomic E-state index is 12.8. The number of aryl methyl sites for hydroxylation is 2. The number of hydrogen-bond donors (Lipinski definition) is 1. The summed E-state index contributed by atoms with van der Waals surface area (Å²) in [5.41, 5.74) is 1.25. The molecule has 1 aromatic heterocycles. The van der Waals surface area contributed by atoms with E-state index >= 15 is 0 Å². The Morgan fingerprint density at radius 2 is 1.89 bits per heavy atom. The number of benzene rings is 2. The summed E-state index contributed by atoms with van der Waals surface area (Å²) in [5.74, 6) is -0.658. The second-order valence-corrected chi connectivity index (χ2v) is 6.28. The van der Waals surface area contributed by atoms with Crippen LogP contribution < -0.4 is 10.9 Å². The molecule has 1 amide bonds. The van der Waals surface area contributed by atoms with Crippen molar-refractivity contribution in [3.8, 4) is 11.3 Å². The zero-order valence-corrected chi connectivity index (χ0v) is 15.0. The molecule has 0 atom stereocenters. The maximum Gasteiger partial charge on any atom is 0.416 e. The molecule has 3 rings (SSSR count). The van der Waals surface area contributed by atoms with Crippen molar-refractivity contribution in [1.29, 1.82) is 0 Å². The summed E-state index contributed by atoms with van der Waals surface area (Å²) in [6.07, 6.45) is -1.76. The zero-order valence-electron chi connectivity index (χ0n) is 15.0. The molecule has 0 aliphatic rings. The third-order valence-electron chi connectivity index (χ3n) is 4.20. The molecule has 0 aliphatic carbocycles. The van der Waals surface area contributed by atoms with Gasteiger partial charge in [0.15, 0.2) is 0 Å². The Bertz CT molecular complexity index is 1100. The molecule has 0 aliphatic heterocycles. The minimum absolute atomic E-state index is 0.0998. The fraction of sp³-hybridized carbons (Fsp3) is 0.150. The molecule has 0 saturated carbocycles. The first-order valence-electron chi connectivity index (χ1n) is 8.27. The summed E-state index contributed by atoms with van der Waals surface area (Å²) in [6, 6.07) is 9.27. The Morgan fingerprint density at radius 3 is 2.57 bits per heavy atom. The molecule has 0 bridgehead atoms. The van der Waals surface area contributed by atoms with Crippen LogP contribution in [0.1, 0.15) is 21.5 Å². The van der Waals surface area contributed by atoms with Crippen molar-refractivity contribution < 1.29 is 18.0 Å². The molecule has 0 fully saturated rings. The van der Waals surface area contributed by atoms with Crippen molar-refractivity contribution in [2.75, 3.05) is 5.32 Å². The molecule has 1 heterocycles. The van der Waals surface area contributed by atoms with Crippen LogP contribution in [-0.2, 0) is 13.2 Å². The number of aromatic nitrogens is 2. The van der Waals surface area contributed by atoms with Crippen molar-refractivity contribution >= 4 is 11.6 Å². The highest BCUT2D eigenvalue weighted by Crippen LogP contribution is 2.30. The van der Waals surface area contributed by atoms with E-state index in [1.165, 1.54) is 22.9 Å². The van der Waals surface area contributed by atoms with Crippen LogP contribution in [-0.4, -0.2) is 15.5 Å². The monoisotopic (exact) mass is 387 g/mol. The molecular formula is C20H16F3N3O2. The number of alkyl halides is 3. The second-order valence-electron chi connectivity index (χ2n) is 6.28. The predicted molar refractivity (Wildman–Crippen MR) is 99.0 cm³/mol. The highest BCUT2D eigenvalue weighted by molar-refractivity contribution is 6.04. The number of anilines is 1.